The zero-order chi connectivity index (χ0) is 40.3. The van der Waals surface area contributed by atoms with Crippen LogP contribution in [0, 0.1) is 0 Å². The van der Waals surface area contributed by atoms with Crippen molar-refractivity contribution in [1.82, 2.24) is 14.5 Å². The lowest BCUT2D eigenvalue weighted by molar-refractivity contribution is 1.18. The summed E-state index contributed by atoms with van der Waals surface area (Å²) in [5.74, 6) is 0.698. The summed E-state index contributed by atoms with van der Waals surface area (Å²) >= 11 is 0. The molecule has 2 aromatic heterocycles. The fourth-order valence-electron chi connectivity index (χ4n) is 9.42. The Morgan fingerprint density at radius 1 is 0.311 bits per heavy atom. The average Bonchev–Trinajstić information content (AvgIpc) is 3.68. The third kappa shape index (κ3) is 5.82. The lowest BCUT2D eigenvalue weighted by Gasteiger charge is -2.16. The van der Waals surface area contributed by atoms with Crippen molar-refractivity contribution in [3.05, 3.63) is 224 Å². The molecule has 0 saturated carbocycles. The van der Waals surface area contributed by atoms with E-state index in [1.807, 2.05) is 0 Å². The molecule has 0 bridgehead atoms. The van der Waals surface area contributed by atoms with E-state index in [0.29, 0.717) is 5.82 Å². The summed E-state index contributed by atoms with van der Waals surface area (Å²) in [6.45, 7) is 0. The van der Waals surface area contributed by atoms with Crippen molar-refractivity contribution in [2.24, 2.45) is 0 Å². The van der Waals surface area contributed by atoms with Gasteiger partial charge in [0.05, 0.1) is 22.4 Å². The zero-order valence-electron chi connectivity index (χ0n) is 33.2. The minimum absolute atomic E-state index is 0.698. The van der Waals surface area contributed by atoms with E-state index in [2.05, 4.69) is 229 Å². The third-order valence-electron chi connectivity index (χ3n) is 12.2. The number of para-hydroxylation sites is 3. The molecule has 2 heterocycles. The van der Waals surface area contributed by atoms with Crippen LogP contribution in [0.2, 0.25) is 0 Å². The molecule has 0 aliphatic carbocycles. The molecule has 0 aliphatic rings. The van der Waals surface area contributed by atoms with Crippen LogP contribution in [-0.4, -0.2) is 14.5 Å². The summed E-state index contributed by atoms with van der Waals surface area (Å²) in [6, 6.07) is 80.4. The quantitative estimate of drug-likeness (QED) is 0.124. The Bertz CT molecular complexity index is 3640. The molecule has 3 nitrogen and oxygen atoms in total. The van der Waals surface area contributed by atoms with Crippen molar-refractivity contribution >= 4 is 54.1 Å². The number of rotatable bonds is 6. The van der Waals surface area contributed by atoms with Gasteiger partial charge in [-0.2, -0.15) is 0 Å². The van der Waals surface area contributed by atoms with Gasteiger partial charge in [0.25, 0.3) is 0 Å². The largest absolute Gasteiger partial charge is 0.309 e. The Labute approximate surface area is 353 Å². The highest BCUT2D eigenvalue weighted by atomic mass is 15.0. The number of hydrogen-bond donors (Lipinski definition) is 0. The molecular weight excluding hydrogens is 739 g/mol. The monoisotopic (exact) mass is 775 g/mol. The van der Waals surface area contributed by atoms with Crippen molar-refractivity contribution < 1.29 is 0 Å². The SMILES string of the molecule is c1ccc(-c2ccccc2-c2cc(-c3cccc(-c4cccc5c6ccccc6n(-c6ccccc6)c45)c3)nc(-c3c4ccccc4cc4c3ccc3ccccc34)n2)cc1. The summed E-state index contributed by atoms with van der Waals surface area (Å²) < 4.78 is 2.41. The maximum absolute atomic E-state index is 5.56. The van der Waals surface area contributed by atoms with Crippen LogP contribution in [0.15, 0.2) is 224 Å². The van der Waals surface area contributed by atoms with Gasteiger partial charge in [0.1, 0.15) is 0 Å². The minimum Gasteiger partial charge on any atom is -0.309 e. The molecule has 0 saturated heterocycles. The zero-order valence-corrected chi connectivity index (χ0v) is 33.2. The Morgan fingerprint density at radius 2 is 0.918 bits per heavy atom. The van der Waals surface area contributed by atoms with Gasteiger partial charge in [0.2, 0.25) is 0 Å². The second kappa shape index (κ2) is 14.3. The molecule has 0 atom stereocenters. The Morgan fingerprint density at radius 3 is 1.77 bits per heavy atom. The minimum atomic E-state index is 0.698. The predicted molar refractivity (Wildman–Crippen MR) is 256 cm³/mol. The van der Waals surface area contributed by atoms with E-state index in [4.69, 9.17) is 9.97 Å². The van der Waals surface area contributed by atoms with Crippen LogP contribution in [0.3, 0.4) is 0 Å². The molecule has 0 spiro atoms. The Balaban J connectivity index is 1.13. The van der Waals surface area contributed by atoms with E-state index in [-0.39, 0.29) is 0 Å². The lowest BCUT2D eigenvalue weighted by Crippen LogP contribution is -1.99. The van der Waals surface area contributed by atoms with Crippen LogP contribution >= 0.6 is 0 Å². The number of nitrogens with zero attached hydrogens (tertiary/aromatic N) is 3. The van der Waals surface area contributed by atoms with Gasteiger partial charge in [-0.05, 0) is 85.4 Å². The smallest absolute Gasteiger partial charge is 0.161 e. The topological polar surface area (TPSA) is 30.7 Å². The Kier molecular flexibility index (Phi) is 8.17. The molecule has 3 heteroatoms. The van der Waals surface area contributed by atoms with Crippen LogP contribution in [-0.2, 0) is 0 Å². The summed E-state index contributed by atoms with van der Waals surface area (Å²) in [5, 5.41) is 9.49. The second-order valence-corrected chi connectivity index (χ2v) is 15.7. The summed E-state index contributed by atoms with van der Waals surface area (Å²) in [7, 11) is 0. The molecule has 12 aromatic rings. The van der Waals surface area contributed by atoms with Gasteiger partial charge in [-0.3, -0.25) is 0 Å². The number of benzene rings is 10. The molecule has 12 rings (SSSR count). The third-order valence-corrected chi connectivity index (χ3v) is 12.2. The van der Waals surface area contributed by atoms with E-state index in [0.717, 1.165) is 72.2 Å². The van der Waals surface area contributed by atoms with Crippen LogP contribution in [0.4, 0.5) is 0 Å². The molecule has 10 aromatic carbocycles. The standard InChI is InChI=1S/C58H37N3/c1-3-17-38(18-4-1)44-25-11-12-28-48(44)54-37-53(59-58(60-54)56-46-27-10-8-20-41(46)36-52-45-26-9-7-19-39(45)33-34-50(52)56)42-22-15-21-40(35-42)47-30-16-31-51-49-29-13-14-32-55(49)61(57(47)51)43-23-5-2-6-24-43/h1-37H. The lowest BCUT2D eigenvalue weighted by atomic mass is 9.92. The molecule has 0 radical (unpaired) electrons. The van der Waals surface area contributed by atoms with Crippen LogP contribution < -0.4 is 0 Å². The van der Waals surface area contributed by atoms with Gasteiger partial charge in [0, 0.05) is 38.7 Å². The first kappa shape index (κ1) is 34.9. The highest BCUT2D eigenvalue weighted by Crippen LogP contribution is 2.42. The van der Waals surface area contributed by atoms with Gasteiger partial charge in [-0.15, -0.1) is 0 Å². The summed E-state index contributed by atoms with van der Waals surface area (Å²) in [4.78, 5) is 11.1. The van der Waals surface area contributed by atoms with Gasteiger partial charge in [0.15, 0.2) is 5.82 Å². The molecule has 61 heavy (non-hydrogen) atoms. The number of hydrogen-bond acceptors (Lipinski definition) is 2. The maximum Gasteiger partial charge on any atom is 0.161 e. The fourth-order valence-corrected chi connectivity index (χ4v) is 9.42. The highest BCUT2D eigenvalue weighted by molar-refractivity contribution is 6.19. The predicted octanol–water partition coefficient (Wildman–Crippen LogP) is 15.4. The Hall–Kier alpha value is -8.14. The molecule has 0 aliphatic heterocycles. The normalized spacial score (nSPS) is 11.6. The first-order valence-corrected chi connectivity index (χ1v) is 20.8. The molecule has 284 valence electrons. The van der Waals surface area contributed by atoms with E-state index in [1.165, 1.54) is 38.0 Å². The van der Waals surface area contributed by atoms with Crippen LogP contribution in [0.5, 0.6) is 0 Å². The first-order valence-electron chi connectivity index (χ1n) is 20.8. The molecule has 0 amide bonds. The van der Waals surface area contributed by atoms with Gasteiger partial charge in [-0.1, -0.05) is 188 Å². The molecule has 0 N–H and O–H groups in total. The average molecular weight is 776 g/mol. The fraction of sp³-hybridized carbons (Fsp3) is 0. The first-order chi connectivity index (χ1) is 30.3. The van der Waals surface area contributed by atoms with E-state index in [1.54, 1.807) is 0 Å². The maximum atomic E-state index is 5.56. The van der Waals surface area contributed by atoms with Gasteiger partial charge >= 0.3 is 0 Å². The van der Waals surface area contributed by atoms with E-state index < -0.39 is 0 Å². The molecule has 0 unspecified atom stereocenters. The van der Waals surface area contributed by atoms with Crippen molar-refractivity contribution in [3.8, 4) is 61.8 Å². The van der Waals surface area contributed by atoms with Crippen molar-refractivity contribution in [1.29, 1.82) is 0 Å². The number of fused-ring (bicyclic) bond motifs is 7. The number of aromatic nitrogens is 3. The summed E-state index contributed by atoms with van der Waals surface area (Å²) in [5.41, 5.74) is 12.9. The molecular formula is C58H37N3. The molecule has 0 fully saturated rings. The van der Waals surface area contributed by atoms with Crippen LogP contribution in [0.25, 0.3) is 116 Å². The van der Waals surface area contributed by atoms with E-state index in [9.17, 15) is 0 Å². The summed E-state index contributed by atoms with van der Waals surface area (Å²) in [6.07, 6.45) is 0. The second-order valence-electron chi connectivity index (χ2n) is 15.7. The van der Waals surface area contributed by atoms with E-state index >= 15 is 0 Å². The van der Waals surface area contributed by atoms with Crippen molar-refractivity contribution in [3.63, 3.8) is 0 Å². The van der Waals surface area contributed by atoms with Gasteiger partial charge in [-0.25, -0.2) is 9.97 Å². The van der Waals surface area contributed by atoms with Crippen molar-refractivity contribution in [2.45, 2.75) is 0 Å². The van der Waals surface area contributed by atoms with Crippen LogP contribution in [0.1, 0.15) is 0 Å². The van der Waals surface area contributed by atoms with Gasteiger partial charge < -0.3 is 4.57 Å². The highest BCUT2D eigenvalue weighted by Gasteiger charge is 2.20. The van der Waals surface area contributed by atoms with Crippen molar-refractivity contribution in [2.75, 3.05) is 0 Å².